The molecule has 0 fully saturated rings. The van der Waals surface area contributed by atoms with E-state index in [4.69, 9.17) is 16.3 Å². The number of ether oxygens (including phenoxy) is 1. The van der Waals surface area contributed by atoms with Gasteiger partial charge < -0.3 is 10.1 Å². The largest absolute Gasteiger partial charge is 0.444 e. The maximum absolute atomic E-state index is 12.0. The van der Waals surface area contributed by atoms with Crippen molar-refractivity contribution < 1.29 is 14.3 Å². The summed E-state index contributed by atoms with van der Waals surface area (Å²) in [5.74, 6) is -0.104. The molecule has 0 bridgehead atoms. The quantitative estimate of drug-likeness (QED) is 0.764. The summed E-state index contributed by atoms with van der Waals surface area (Å²) in [4.78, 5) is 23.9. The number of hydrogen-bond acceptors (Lipinski definition) is 3. The summed E-state index contributed by atoms with van der Waals surface area (Å²) in [6.45, 7) is 8.07. The molecule has 0 atom stereocenters. The number of nitrogens with one attached hydrogen (secondary N) is 2. The molecule has 1 rings (SSSR count). The molecule has 0 aliphatic heterocycles. The zero-order valence-corrected chi connectivity index (χ0v) is 14.9. The van der Waals surface area contributed by atoms with E-state index in [1.54, 1.807) is 39.0 Å². The average molecular weight is 341 g/mol. The number of halogens is 1. The highest BCUT2D eigenvalue weighted by Crippen LogP contribution is 2.22. The van der Waals surface area contributed by atoms with Gasteiger partial charge in [0.05, 0.1) is 6.42 Å². The van der Waals surface area contributed by atoms with Gasteiger partial charge in [-0.25, -0.2) is 4.79 Å². The molecular formula is C17H25ClN2O3. The minimum absolute atomic E-state index is 0.104. The lowest BCUT2D eigenvalue weighted by molar-refractivity contribution is -0.120. The molecule has 0 saturated heterocycles. The third-order valence-corrected chi connectivity index (χ3v) is 3.14. The van der Waals surface area contributed by atoms with Gasteiger partial charge in [-0.2, -0.15) is 0 Å². The number of carbonyl (C=O) groups excluding carboxylic acids is 2. The summed E-state index contributed by atoms with van der Waals surface area (Å²) in [5, 5.41) is 6.02. The topological polar surface area (TPSA) is 67.4 Å². The first-order valence-corrected chi connectivity index (χ1v) is 8.14. The fraction of sp³-hybridized carbons (Fsp3) is 0.529. The summed E-state index contributed by atoms with van der Waals surface area (Å²) in [5.41, 5.74) is 0.584. The molecule has 2 N–H and O–H groups in total. The Labute approximate surface area is 142 Å². The fourth-order valence-corrected chi connectivity index (χ4v) is 2.08. The summed E-state index contributed by atoms with van der Waals surface area (Å²) < 4.78 is 5.23. The molecule has 1 aromatic carbocycles. The van der Waals surface area contributed by atoms with E-state index in [1.165, 1.54) is 0 Å². The van der Waals surface area contributed by atoms with Crippen molar-refractivity contribution in [3.05, 3.63) is 28.8 Å². The monoisotopic (exact) mass is 340 g/mol. The molecule has 0 aromatic heterocycles. The molecule has 5 nitrogen and oxygen atoms in total. The van der Waals surface area contributed by atoms with Gasteiger partial charge in [-0.15, -0.1) is 0 Å². The van der Waals surface area contributed by atoms with E-state index in [0.29, 0.717) is 22.8 Å². The Bertz CT molecular complexity index is 553. The van der Waals surface area contributed by atoms with Gasteiger partial charge >= 0.3 is 6.09 Å². The number of amides is 2. The molecule has 128 valence electrons. The maximum atomic E-state index is 12.0. The molecule has 2 amide bonds. The number of unbranched alkanes of at least 4 members (excludes halogenated alkanes) is 1. The standard InChI is InChI=1S/C17H25ClN2O3/c1-5-6-9-19-15(21)11-12-10-13(18)7-8-14(12)20-16(22)23-17(2,3)4/h7-8,10H,5-6,9,11H2,1-4H3,(H,19,21)(H,20,22). The van der Waals surface area contributed by atoms with Gasteiger partial charge in [-0.3, -0.25) is 10.1 Å². The van der Waals surface area contributed by atoms with Gasteiger partial charge in [0.15, 0.2) is 0 Å². The van der Waals surface area contributed by atoms with Crippen molar-refractivity contribution in [2.24, 2.45) is 0 Å². The number of hydrogen-bond donors (Lipinski definition) is 2. The molecule has 23 heavy (non-hydrogen) atoms. The van der Waals surface area contributed by atoms with Crippen LogP contribution in [0, 0.1) is 0 Å². The molecule has 6 heteroatoms. The van der Waals surface area contributed by atoms with E-state index in [1.807, 2.05) is 0 Å². The average Bonchev–Trinajstić information content (AvgIpc) is 2.40. The number of rotatable bonds is 6. The van der Waals surface area contributed by atoms with E-state index < -0.39 is 11.7 Å². The van der Waals surface area contributed by atoms with Gasteiger partial charge in [0, 0.05) is 17.3 Å². The van der Waals surface area contributed by atoms with Crippen LogP contribution in [0.5, 0.6) is 0 Å². The lowest BCUT2D eigenvalue weighted by Gasteiger charge is -2.20. The number of anilines is 1. The van der Waals surface area contributed by atoms with Gasteiger partial charge in [0.1, 0.15) is 5.60 Å². The molecule has 0 aliphatic rings. The Morgan fingerprint density at radius 3 is 2.57 bits per heavy atom. The zero-order valence-electron chi connectivity index (χ0n) is 14.2. The first kappa shape index (κ1) is 19.3. The van der Waals surface area contributed by atoms with Crippen LogP contribution >= 0.6 is 11.6 Å². The minimum Gasteiger partial charge on any atom is -0.444 e. The third-order valence-electron chi connectivity index (χ3n) is 2.91. The van der Waals surface area contributed by atoms with Crippen molar-refractivity contribution in [1.82, 2.24) is 5.32 Å². The first-order chi connectivity index (χ1) is 10.7. The van der Waals surface area contributed by atoms with Crippen molar-refractivity contribution in [2.45, 2.75) is 52.6 Å². The van der Waals surface area contributed by atoms with E-state index in [9.17, 15) is 9.59 Å². The van der Waals surface area contributed by atoms with E-state index in [0.717, 1.165) is 12.8 Å². The van der Waals surface area contributed by atoms with Crippen LogP contribution in [-0.2, 0) is 16.0 Å². The Morgan fingerprint density at radius 1 is 1.26 bits per heavy atom. The van der Waals surface area contributed by atoms with Gasteiger partial charge in [0.2, 0.25) is 5.91 Å². The first-order valence-electron chi connectivity index (χ1n) is 7.76. The minimum atomic E-state index is -0.589. The fourth-order valence-electron chi connectivity index (χ4n) is 1.88. The predicted molar refractivity (Wildman–Crippen MR) is 92.9 cm³/mol. The van der Waals surface area contributed by atoms with Crippen LogP contribution in [0.4, 0.5) is 10.5 Å². The SMILES string of the molecule is CCCCNC(=O)Cc1cc(Cl)ccc1NC(=O)OC(C)(C)C. The summed E-state index contributed by atoms with van der Waals surface area (Å²) >= 11 is 5.99. The van der Waals surface area contributed by atoms with Crippen LogP contribution in [0.15, 0.2) is 18.2 Å². The van der Waals surface area contributed by atoms with Crippen molar-refractivity contribution in [2.75, 3.05) is 11.9 Å². The zero-order chi connectivity index (χ0) is 17.5. The van der Waals surface area contributed by atoms with Crippen molar-refractivity contribution in [3.63, 3.8) is 0 Å². The highest BCUT2D eigenvalue weighted by atomic mass is 35.5. The van der Waals surface area contributed by atoms with Gasteiger partial charge in [0.25, 0.3) is 0 Å². The molecule has 0 spiro atoms. The van der Waals surface area contributed by atoms with Crippen molar-refractivity contribution in [1.29, 1.82) is 0 Å². The van der Waals surface area contributed by atoms with E-state index in [-0.39, 0.29) is 12.3 Å². The Morgan fingerprint density at radius 2 is 1.96 bits per heavy atom. The van der Waals surface area contributed by atoms with Gasteiger partial charge in [-0.1, -0.05) is 24.9 Å². The molecule has 0 unspecified atom stereocenters. The normalized spacial score (nSPS) is 11.0. The second-order valence-electron chi connectivity index (χ2n) is 6.31. The van der Waals surface area contributed by atoms with Crippen LogP contribution in [0.3, 0.4) is 0 Å². The van der Waals surface area contributed by atoms with Crippen LogP contribution < -0.4 is 10.6 Å². The van der Waals surface area contributed by atoms with Crippen LogP contribution in [-0.4, -0.2) is 24.1 Å². The summed E-state index contributed by atoms with van der Waals surface area (Å²) in [6.07, 6.45) is 1.54. The smallest absolute Gasteiger partial charge is 0.412 e. The lowest BCUT2D eigenvalue weighted by atomic mass is 10.1. The second kappa shape index (κ2) is 8.77. The molecule has 0 aliphatic carbocycles. The second-order valence-corrected chi connectivity index (χ2v) is 6.75. The molecule has 1 aromatic rings. The summed E-state index contributed by atoms with van der Waals surface area (Å²) in [7, 11) is 0. The van der Waals surface area contributed by atoms with Crippen LogP contribution in [0.25, 0.3) is 0 Å². The Kier molecular flexibility index (Phi) is 7.36. The van der Waals surface area contributed by atoms with Gasteiger partial charge in [-0.05, 0) is 51.0 Å². The molecule has 0 radical (unpaired) electrons. The number of carbonyl (C=O) groups is 2. The molecule has 0 heterocycles. The summed E-state index contributed by atoms with van der Waals surface area (Å²) in [6, 6.07) is 5.00. The Balaban J connectivity index is 2.76. The van der Waals surface area contributed by atoms with Crippen LogP contribution in [0.1, 0.15) is 46.1 Å². The van der Waals surface area contributed by atoms with Crippen LogP contribution in [0.2, 0.25) is 5.02 Å². The van der Waals surface area contributed by atoms with E-state index >= 15 is 0 Å². The number of benzene rings is 1. The highest BCUT2D eigenvalue weighted by molar-refractivity contribution is 6.30. The molecular weight excluding hydrogens is 316 g/mol. The third kappa shape index (κ3) is 7.88. The highest BCUT2D eigenvalue weighted by Gasteiger charge is 2.18. The predicted octanol–water partition coefficient (Wildman–Crippen LogP) is 4.15. The van der Waals surface area contributed by atoms with E-state index in [2.05, 4.69) is 17.6 Å². The van der Waals surface area contributed by atoms with Crippen molar-refractivity contribution in [3.8, 4) is 0 Å². The van der Waals surface area contributed by atoms with Crippen molar-refractivity contribution >= 4 is 29.3 Å². The molecule has 0 saturated carbocycles. The maximum Gasteiger partial charge on any atom is 0.412 e. The Hall–Kier alpha value is -1.75. The lowest BCUT2D eigenvalue weighted by Crippen LogP contribution is -2.28.